The van der Waals surface area contributed by atoms with E-state index in [0.29, 0.717) is 5.69 Å². The van der Waals surface area contributed by atoms with E-state index in [0.717, 1.165) is 0 Å². The third kappa shape index (κ3) is 2.27. The standard InChI is InChI=1S/C9H16N4O2/c1-6(5-14)13(3)9(15)8-7(10)4-12(2)11-8/h4,6,14H,5,10H2,1-3H3. The quantitative estimate of drug-likeness (QED) is 0.704. The number of rotatable bonds is 3. The molecule has 0 spiro atoms. The number of carbonyl (C=O) groups is 1. The zero-order chi connectivity index (χ0) is 11.6. The minimum absolute atomic E-state index is 0.0883. The molecular weight excluding hydrogens is 196 g/mol. The lowest BCUT2D eigenvalue weighted by Crippen LogP contribution is -2.37. The number of hydrogen-bond acceptors (Lipinski definition) is 4. The molecule has 0 aliphatic carbocycles. The molecule has 0 saturated heterocycles. The number of aliphatic hydroxyl groups is 1. The highest BCUT2D eigenvalue weighted by atomic mass is 16.3. The molecule has 0 aliphatic rings. The molecule has 1 atom stereocenters. The Morgan fingerprint density at radius 1 is 1.80 bits per heavy atom. The van der Waals surface area contributed by atoms with Crippen molar-refractivity contribution in [2.45, 2.75) is 13.0 Å². The van der Waals surface area contributed by atoms with Crippen LogP contribution in [0.4, 0.5) is 5.69 Å². The van der Waals surface area contributed by atoms with Crippen molar-refractivity contribution in [2.75, 3.05) is 19.4 Å². The van der Waals surface area contributed by atoms with Crippen molar-refractivity contribution < 1.29 is 9.90 Å². The maximum atomic E-state index is 11.8. The van der Waals surface area contributed by atoms with Crippen LogP contribution in [0.5, 0.6) is 0 Å². The summed E-state index contributed by atoms with van der Waals surface area (Å²) in [6.07, 6.45) is 1.57. The van der Waals surface area contributed by atoms with Crippen LogP contribution in [0.15, 0.2) is 6.20 Å². The molecule has 0 aliphatic heterocycles. The number of anilines is 1. The van der Waals surface area contributed by atoms with E-state index in [1.54, 1.807) is 27.2 Å². The average Bonchev–Trinajstić information content (AvgIpc) is 2.54. The van der Waals surface area contributed by atoms with Crippen LogP contribution in [0.2, 0.25) is 0 Å². The molecule has 0 radical (unpaired) electrons. The molecule has 0 aromatic carbocycles. The second kappa shape index (κ2) is 4.31. The fourth-order valence-corrected chi connectivity index (χ4v) is 1.16. The summed E-state index contributed by atoms with van der Waals surface area (Å²) in [6.45, 7) is 1.66. The van der Waals surface area contributed by atoms with Crippen LogP contribution in [0, 0.1) is 0 Å². The van der Waals surface area contributed by atoms with Gasteiger partial charge in [0.05, 0.1) is 18.3 Å². The zero-order valence-electron chi connectivity index (χ0n) is 9.14. The Bertz CT molecular complexity index is 361. The van der Waals surface area contributed by atoms with E-state index < -0.39 is 0 Å². The zero-order valence-corrected chi connectivity index (χ0v) is 9.14. The summed E-state index contributed by atoms with van der Waals surface area (Å²) < 4.78 is 1.49. The van der Waals surface area contributed by atoms with E-state index in [1.165, 1.54) is 9.58 Å². The first-order chi connectivity index (χ1) is 6.97. The van der Waals surface area contributed by atoms with Gasteiger partial charge in [-0.25, -0.2) is 0 Å². The maximum absolute atomic E-state index is 11.8. The van der Waals surface area contributed by atoms with Crippen LogP contribution in [0.1, 0.15) is 17.4 Å². The van der Waals surface area contributed by atoms with Crippen LogP contribution >= 0.6 is 0 Å². The lowest BCUT2D eigenvalue weighted by atomic mass is 10.2. The molecule has 1 aromatic rings. The first kappa shape index (κ1) is 11.5. The van der Waals surface area contributed by atoms with E-state index in [-0.39, 0.29) is 24.2 Å². The summed E-state index contributed by atoms with van der Waals surface area (Å²) in [5.74, 6) is -0.283. The molecule has 3 N–H and O–H groups in total. The Kier molecular flexibility index (Phi) is 3.31. The van der Waals surface area contributed by atoms with Crippen molar-refractivity contribution in [3.05, 3.63) is 11.9 Å². The summed E-state index contributed by atoms with van der Waals surface area (Å²) in [4.78, 5) is 13.3. The number of nitrogen functional groups attached to an aromatic ring is 1. The van der Waals surface area contributed by atoms with Crippen molar-refractivity contribution in [3.8, 4) is 0 Å². The van der Waals surface area contributed by atoms with Crippen molar-refractivity contribution in [1.29, 1.82) is 0 Å². The summed E-state index contributed by atoms with van der Waals surface area (Å²) in [5, 5.41) is 12.9. The fraction of sp³-hybridized carbons (Fsp3) is 0.556. The molecule has 15 heavy (non-hydrogen) atoms. The van der Waals surface area contributed by atoms with Gasteiger partial charge in [0.2, 0.25) is 0 Å². The SMILES string of the molecule is CC(CO)N(C)C(=O)c1nn(C)cc1N. The molecule has 1 rings (SSSR count). The van der Waals surface area contributed by atoms with Gasteiger partial charge in [-0.2, -0.15) is 5.10 Å². The summed E-state index contributed by atoms with van der Waals surface area (Å²) in [5.41, 5.74) is 6.20. The molecule has 6 nitrogen and oxygen atoms in total. The van der Waals surface area contributed by atoms with Crippen molar-refractivity contribution >= 4 is 11.6 Å². The van der Waals surface area contributed by atoms with Gasteiger partial charge in [-0.05, 0) is 6.92 Å². The minimum Gasteiger partial charge on any atom is -0.396 e. The number of aromatic nitrogens is 2. The second-order valence-electron chi connectivity index (χ2n) is 3.55. The molecule has 1 heterocycles. The highest BCUT2D eigenvalue weighted by Crippen LogP contribution is 2.11. The molecule has 0 bridgehead atoms. The smallest absolute Gasteiger partial charge is 0.276 e. The highest BCUT2D eigenvalue weighted by Gasteiger charge is 2.21. The summed E-state index contributed by atoms with van der Waals surface area (Å²) in [7, 11) is 3.31. The molecule has 0 fully saturated rings. The number of nitrogens with two attached hydrogens (primary N) is 1. The number of aryl methyl sites for hydroxylation is 1. The fourth-order valence-electron chi connectivity index (χ4n) is 1.16. The van der Waals surface area contributed by atoms with Gasteiger partial charge in [-0.3, -0.25) is 9.48 Å². The van der Waals surface area contributed by atoms with Gasteiger partial charge in [0.15, 0.2) is 5.69 Å². The molecule has 6 heteroatoms. The molecule has 1 amide bonds. The van der Waals surface area contributed by atoms with E-state index in [2.05, 4.69) is 5.10 Å². The number of hydrogen-bond donors (Lipinski definition) is 2. The lowest BCUT2D eigenvalue weighted by molar-refractivity contribution is 0.0676. The van der Waals surface area contributed by atoms with Crippen LogP contribution in [0.25, 0.3) is 0 Å². The van der Waals surface area contributed by atoms with Crippen molar-refractivity contribution in [1.82, 2.24) is 14.7 Å². The van der Waals surface area contributed by atoms with E-state index >= 15 is 0 Å². The molecule has 1 unspecified atom stereocenters. The van der Waals surface area contributed by atoms with E-state index in [9.17, 15) is 4.79 Å². The van der Waals surface area contributed by atoms with Gasteiger partial charge in [-0.15, -0.1) is 0 Å². The Balaban J connectivity index is 2.89. The predicted molar refractivity (Wildman–Crippen MR) is 56.3 cm³/mol. The van der Waals surface area contributed by atoms with Crippen molar-refractivity contribution in [2.24, 2.45) is 7.05 Å². The predicted octanol–water partition coefficient (Wildman–Crippen LogP) is -0.545. The summed E-state index contributed by atoms with van der Waals surface area (Å²) in [6, 6.07) is -0.251. The van der Waals surface area contributed by atoms with E-state index in [1.807, 2.05) is 0 Å². The van der Waals surface area contributed by atoms with Crippen LogP contribution in [0.3, 0.4) is 0 Å². The topological polar surface area (TPSA) is 84.4 Å². The van der Waals surface area contributed by atoms with Gasteiger partial charge in [0.25, 0.3) is 5.91 Å². The van der Waals surface area contributed by atoms with Gasteiger partial charge < -0.3 is 15.7 Å². The molecular formula is C9H16N4O2. The number of carbonyl (C=O) groups excluding carboxylic acids is 1. The van der Waals surface area contributed by atoms with Crippen molar-refractivity contribution in [3.63, 3.8) is 0 Å². The monoisotopic (exact) mass is 212 g/mol. The average molecular weight is 212 g/mol. The Hall–Kier alpha value is -1.56. The molecule has 1 aromatic heterocycles. The Morgan fingerprint density at radius 3 is 2.80 bits per heavy atom. The first-order valence-electron chi connectivity index (χ1n) is 4.64. The van der Waals surface area contributed by atoms with Crippen LogP contribution < -0.4 is 5.73 Å². The lowest BCUT2D eigenvalue weighted by Gasteiger charge is -2.22. The van der Waals surface area contributed by atoms with Crippen LogP contribution in [-0.4, -0.2) is 45.4 Å². The molecule has 84 valence electrons. The maximum Gasteiger partial charge on any atom is 0.276 e. The Labute approximate surface area is 88.3 Å². The van der Waals surface area contributed by atoms with Gasteiger partial charge in [0.1, 0.15) is 0 Å². The normalized spacial score (nSPS) is 12.5. The van der Waals surface area contributed by atoms with Gasteiger partial charge in [0, 0.05) is 20.3 Å². The van der Waals surface area contributed by atoms with Gasteiger partial charge >= 0.3 is 0 Å². The first-order valence-corrected chi connectivity index (χ1v) is 4.64. The van der Waals surface area contributed by atoms with Gasteiger partial charge in [-0.1, -0.05) is 0 Å². The highest BCUT2D eigenvalue weighted by molar-refractivity contribution is 5.97. The molecule has 0 saturated carbocycles. The number of nitrogens with zero attached hydrogens (tertiary/aromatic N) is 3. The second-order valence-corrected chi connectivity index (χ2v) is 3.55. The summed E-state index contributed by atoms with van der Waals surface area (Å²) >= 11 is 0. The number of amides is 1. The van der Waals surface area contributed by atoms with Crippen LogP contribution in [-0.2, 0) is 7.05 Å². The third-order valence-corrected chi connectivity index (χ3v) is 2.31. The third-order valence-electron chi connectivity index (χ3n) is 2.31. The minimum atomic E-state index is -0.283. The number of aliphatic hydroxyl groups excluding tert-OH is 1. The largest absolute Gasteiger partial charge is 0.396 e. The number of likely N-dealkylation sites (N-methyl/N-ethyl adjacent to an activating group) is 1. The van der Waals surface area contributed by atoms with E-state index in [4.69, 9.17) is 10.8 Å². The Morgan fingerprint density at radius 2 is 2.40 bits per heavy atom.